The first kappa shape index (κ1) is 24.5. The maximum atomic E-state index is 12.6. The molecule has 0 saturated carbocycles. The normalized spacial score (nSPS) is 10.8. The van der Waals surface area contributed by atoms with E-state index in [4.69, 9.17) is 9.47 Å². The van der Waals surface area contributed by atoms with Crippen molar-refractivity contribution in [2.45, 2.75) is 13.5 Å². The summed E-state index contributed by atoms with van der Waals surface area (Å²) in [5.41, 5.74) is 2.87. The fraction of sp³-hybridized carbons (Fsp3) is 0.120. The van der Waals surface area contributed by atoms with Crippen LogP contribution in [0.3, 0.4) is 0 Å². The smallest absolute Gasteiger partial charge is 0.269 e. The van der Waals surface area contributed by atoms with E-state index in [0.717, 1.165) is 11.1 Å². The van der Waals surface area contributed by atoms with Crippen molar-refractivity contribution in [2.24, 2.45) is 0 Å². The zero-order valence-electron chi connectivity index (χ0n) is 18.4. The van der Waals surface area contributed by atoms with Gasteiger partial charge in [-0.3, -0.25) is 14.9 Å². The van der Waals surface area contributed by atoms with Crippen LogP contribution >= 0.6 is 15.9 Å². The summed E-state index contributed by atoms with van der Waals surface area (Å²) in [6.07, 6.45) is 1.46. The molecule has 0 saturated heterocycles. The second-order valence-electron chi connectivity index (χ2n) is 7.24. The Morgan fingerprint density at radius 1 is 1.18 bits per heavy atom. The van der Waals surface area contributed by atoms with Gasteiger partial charge in [-0.05, 0) is 76.5 Å². The number of hydrogen-bond acceptors (Lipinski definition) is 6. The molecule has 0 fully saturated rings. The maximum Gasteiger partial charge on any atom is 0.269 e. The van der Waals surface area contributed by atoms with Crippen molar-refractivity contribution >= 4 is 39.3 Å². The molecule has 1 amide bonds. The minimum Gasteiger partial charge on any atom is -0.493 e. The Morgan fingerprint density at radius 2 is 1.85 bits per heavy atom. The van der Waals surface area contributed by atoms with Gasteiger partial charge in [-0.2, -0.15) is 5.26 Å². The van der Waals surface area contributed by atoms with Gasteiger partial charge in [0.25, 0.3) is 11.6 Å². The minimum atomic E-state index is -0.528. The van der Waals surface area contributed by atoms with Crippen LogP contribution in [0, 0.1) is 28.4 Å². The largest absolute Gasteiger partial charge is 0.493 e. The van der Waals surface area contributed by atoms with Gasteiger partial charge in [-0.1, -0.05) is 17.7 Å². The predicted octanol–water partition coefficient (Wildman–Crippen LogP) is 5.80. The van der Waals surface area contributed by atoms with E-state index in [0.29, 0.717) is 27.2 Å². The number of amides is 1. The molecule has 0 aliphatic heterocycles. The lowest BCUT2D eigenvalue weighted by molar-refractivity contribution is -0.384. The van der Waals surface area contributed by atoms with Crippen LogP contribution < -0.4 is 14.8 Å². The number of rotatable bonds is 8. The van der Waals surface area contributed by atoms with Crippen molar-refractivity contribution in [1.29, 1.82) is 5.26 Å². The van der Waals surface area contributed by atoms with Gasteiger partial charge in [0.05, 0.1) is 16.5 Å². The second-order valence-corrected chi connectivity index (χ2v) is 8.09. The van der Waals surface area contributed by atoms with Crippen LogP contribution in [0.5, 0.6) is 11.5 Å². The van der Waals surface area contributed by atoms with Crippen LogP contribution in [0.4, 0.5) is 11.4 Å². The first-order valence-corrected chi connectivity index (χ1v) is 10.8. The number of non-ortho nitro benzene ring substituents is 1. The molecule has 9 heteroatoms. The molecule has 0 aliphatic carbocycles. The summed E-state index contributed by atoms with van der Waals surface area (Å²) >= 11 is 3.45. The molecular formula is C25H20BrN3O5. The number of nitriles is 1. The van der Waals surface area contributed by atoms with Crippen molar-refractivity contribution in [3.8, 4) is 17.6 Å². The van der Waals surface area contributed by atoms with E-state index in [1.54, 1.807) is 36.4 Å². The first-order valence-electron chi connectivity index (χ1n) is 10.0. The molecule has 3 aromatic rings. The molecular weight excluding hydrogens is 502 g/mol. The van der Waals surface area contributed by atoms with Crippen molar-refractivity contribution in [3.05, 3.63) is 97.5 Å². The minimum absolute atomic E-state index is 0.00152. The van der Waals surface area contributed by atoms with E-state index in [1.165, 1.54) is 25.3 Å². The van der Waals surface area contributed by atoms with Crippen LogP contribution in [0.2, 0.25) is 0 Å². The van der Waals surface area contributed by atoms with Crippen molar-refractivity contribution in [3.63, 3.8) is 0 Å². The SMILES string of the molecule is COc1cc(/C=C(/C#N)C(=O)Nc2ccc(C)cc2)cc(Br)c1OCc1ccc([N+](=O)[O-])cc1. The monoisotopic (exact) mass is 521 g/mol. The number of ether oxygens (including phenoxy) is 2. The molecule has 0 aromatic heterocycles. The van der Waals surface area contributed by atoms with E-state index >= 15 is 0 Å². The third kappa shape index (κ3) is 6.21. The van der Waals surface area contributed by atoms with Gasteiger partial charge in [0.15, 0.2) is 11.5 Å². The van der Waals surface area contributed by atoms with E-state index < -0.39 is 10.8 Å². The fourth-order valence-corrected chi connectivity index (χ4v) is 3.56. The lowest BCUT2D eigenvalue weighted by Gasteiger charge is -2.14. The molecule has 8 nitrogen and oxygen atoms in total. The number of aryl methyl sites for hydroxylation is 1. The highest BCUT2D eigenvalue weighted by Gasteiger charge is 2.15. The summed E-state index contributed by atoms with van der Waals surface area (Å²) < 4.78 is 11.8. The summed E-state index contributed by atoms with van der Waals surface area (Å²) in [7, 11) is 1.48. The van der Waals surface area contributed by atoms with Gasteiger partial charge in [0.2, 0.25) is 0 Å². The topological polar surface area (TPSA) is 114 Å². The molecule has 0 spiro atoms. The van der Waals surface area contributed by atoms with E-state index in [9.17, 15) is 20.2 Å². The number of nitrogens with one attached hydrogen (secondary N) is 1. The van der Waals surface area contributed by atoms with Gasteiger partial charge in [-0.25, -0.2) is 0 Å². The molecule has 172 valence electrons. The number of hydrogen-bond donors (Lipinski definition) is 1. The lowest BCUT2D eigenvalue weighted by Crippen LogP contribution is -2.13. The molecule has 1 N–H and O–H groups in total. The summed E-state index contributed by atoms with van der Waals surface area (Å²) in [5.74, 6) is 0.277. The molecule has 0 atom stereocenters. The van der Waals surface area contributed by atoms with Crippen LogP contribution in [0.1, 0.15) is 16.7 Å². The first-order chi connectivity index (χ1) is 16.3. The number of halogens is 1. The van der Waals surface area contributed by atoms with Gasteiger partial charge >= 0.3 is 0 Å². The summed E-state index contributed by atoms with van der Waals surface area (Å²) in [4.78, 5) is 22.9. The van der Waals surface area contributed by atoms with E-state index in [-0.39, 0.29) is 17.9 Å². The summed E-state index contributed by atoms with van der Waals surface area (Å²) in [6, 6.07) is 18.6. The molecule has 34 heavy (non-hydrogen) atoms. The van der Waals surface area contributed by atoms with Crippen LogP contribution in [-0.4, -0.2) is 17.9 Å². The quantitative estimate of drug-likeness (QED) is 0.173. The number of methoxy groups -OCH3 is 1. The number of carbonyl (C=O) groups is 1. The molecule has 0 unspecified atom stereocenters. The van der Waals surface area contributed by atoms with Gasteiger partial charge in [-0.15, -0.1) is 0 Å². The van der Waals surface area contributed by atoms with Gasteiger partial charge in [0.1, 0.15) is 18.2 Å². The molecule has 3 rings (SSSR count). The third-order valence-electron chi connectivity index (χ3n) is 4.77. The Balaban J connectivity index is 1.78. The average Bonchev–Trinajstić information content (AvgIpc) is 2.83. The Hall–Kier alpha value is -4.16. The Bertz CT molecular complexity index is 1280. The second kappa shape index (κ2) is 11.1. The molecule has 3 aromatic carbocycles. The fourth-order valence-electron chi connectivity index (χ4n) is 2.98. The van der Waals surface area contributed by atoms with Crippen molar-refractivity contribution < 1.29 is 19.2 Å². The highest BCUT2D eigenvalue weighted by molar-refractivity contribution is 9.10. The van der Waals surface area contributed by atoms with E-state index in [2.05, 4.69) is 21.2 Å². The predicted molar refractivity (Wildman–Crippen MR) is 132 cm³/mol. The summed E-state index contributed by atoms with van der Waals surface area (Å²) in [6.45, 7) is 2.10. The average molecular weight is 522 g/mol. The van der Waals surface area contributed by atoms with Crippen molar-refractivity contribution in [2.75, 3.05) is 12.4 Å². The molecule has 0 aliphatic rings. The van der Waals surface area contributed by atoms with E-state index in [1.807, 2.05) is 25.1 Å². The maximum absolute atomic E-state index is 12.6. The zero-order valence-corrected chi connectivity index (χ0v) is 20.0. The van der Waals surface area contributed by atoms with Gasteiger partial charge < -0.3 is 14.8 Å². The Labute approximate surface area is 204 Å². The van der Waals surface area contributed by atoms with Crippen LogP contribution in [-0.2, 0) is 11.4 Å². The number of carbonyl (C=O) groups excluding carboxylic acids is 1. The number of anilines is 1. The molecule has 0 radical (unpaired) electrons. The summed E-state index contributed by atoms with van der Waals surface area (Å²) in [5, 5.41) is 23.0. The highest BCUT2D eigenvalue weighted by Crippen LogP contribution is 2.38. The van der Waals surface area contributed by atoms with Gasteiger partial charge in [0, 0.05) is 17.8 Å². The Kier molecular flexibility index (Phi) is 8.01. The highest BCUT2D eigenvalue weighted by atomic mass is 79.9. The van der Waals surface area contributed by atoms with Crippen LogP contribution in [0.25, 0.3) is 6.08 Å². The molecule has 0 bridgehead atoms. The van der Waals surface area contributed by atoms with Crippen LogP contribution in [0.15, 0.2) is 70.7 Å². The number of benzene rings is 3. The zero-order chi connectivity index (χ0) is 24.7. The number of nitro groups is 1. The lowest BCUT2D eigenvalue weighted by atomic mass is 10.1. The number of nitrogens with zero attached hydrogens (tertiary/aromatic N) is 2. The Morgan fingerprint density at radius 3 is 2.44 bits per heavy atom. The van der Waals surface area contributed by atoms with Crippen molar-refractivity contribution in [1.82, 2.24) is 0 Å². The third-order valence-corrected chi connectivity index (χ3v) is 5.36. The standard InChI is InChI=1S/C25H20BrN3O5/c1-16-3-7-20(8-4-16)28-25(30)19(14-27)11-18-12-22(26)24(23(13-18)33-2)34-15-17-5-9-21(10-6-17)29(31)32/h3-13H,15H2,1-2H3,(H,28,30)/b19-11-. The number of nitro benzene ring substituents is 1. The molecule has 0 heterocycles.